The van der Waals surface area contributed by atoms with Crippen molar-refractivity contribution in [2.45, 2.75) is 162 Å². The lowest BCUT2D eigenvalue weighted by Crippen LogP contribution is -2.61. The van der Waals surface area contributed by atoms with Gasteiger partial charge in [-0.25, -0.2) is 0 Å². The fraction of sp³-hybridized carbons (Fsp3) is 1.00. The van der Waals surface area contributed by atoms with Crippen LogP contribution in [0.5, 0.6) is 0 Å². The van der Waals surface area contributed by atoms with Crippen molar-refractivity contribution in [2.75, 3.05) is 19.8 Å². The first kappa shape index (κ1) is 37.2. The van der Waals surface area contributed by atoms with E-state index < -0.39 is 33.7 Å². The molecule has 12 unspecified atom stereocenters. The largest absolute Gasteiger partial charge is 0.396 e. The van der Waals surface area contributed by atoms with E-state index in [2.05, 4.69) is 62.3 Å². The van der Waals surface area contributed by atoms with E-state index in [-0.39, 0.29) is 49.8 Å². The summed E-state index contributed by atoms with van der Waals surface area (Å²) >= 11 is 0. The Kier molecular flexibility index (Phi) is 12.0. The van der Waals surface area contributed by atoms with E-state index in [1.54, 1.807) is 6.92 Å². The molecule has 0 saturated heterocycles. The number of aliphatic hydroxyl groups is 5. The van der Waals surface area contributed by atoms with Crippen molar-refractivity contribution >= 4 is 0 Å². The van der Waals surface area contributed by atoms with Gasteiger partial charge < -0.3 is 35.0 Å². The number of hydrogen-bond donors (Lipinski definition) is 5. The number of ether oxygens (including phenoxy) is 2. The molecule has 3 fully saturated rings. The van der Waals surface area contributed by atoms with Crippen LogP contribution in [0.25, 0.3) is 0 Å². The van der Waals surface area contributed by atoms with Crippen molar-refractivity contribution < 1.29 is 35.0 Å². The molecule has 0 aliphatic heterocycles. The Hall–Kier alpha value is -0.280. The minimum atomic E-state index is -1.23. The zero-order valence-electron chi connectivity index (χ0n) is 29.2. The van der Waals surface area contributed by atoms with Crippen LogP contribution in [0.1, 0.15) is 127 Å². The van der Waals surface area contributed by atoms with Crippen LogP contribution in [0.3, 0.4) is 0 Å². The predicted molar refractivity (Wildman–Crippen MR) is 172 cm³/mol. The van der Waals surface area contributed by atoms with Gasteiger partial charge in [-0.3, -0.25) is 0 Å². The van der Waals surface area contributed by atoms with Crippen molar-refractivity contribution in [3.05, 3.63) is 0 Å². The Balaban J connectivity index is 1.93. The number of rotatable bonds is 12. The van der Waals surface area contributed by atoms with Crippen LogP contribution in [0.4, 0.5) is 0 Å². The molecule has 3 aliphatic carbocycles. The SMILES string of the molecule is CC1CCC(C(C)(CO)C(C)(C)OC2CC(C)CCC2C(C)(CO)C(C)(C)OC2CC(C)CCC2C(C)(O)CO)C(O)C1. The van der Waals surface area contributed by atoms with Crippen molar-refractivity contribution in [1.82, 2.24) is 0 Å². The fourth-order valence-electron chi connectivity index (χ4n) is 9.10. The summed E-state index contributed by atoms with van der Waals surface area (Å²) in [5, 5.41) is 54.3. The second-order valence-electron chi connectivity index (χ2n) is 17.1. The minimum Gasteiger partial charge on any atom is -0.396 e. The molecule has 254 valence electrons. The summed E-state index contributed by atoms with van der Waals surface area (Å²) in [6.07, 6.45) is 7.15. The molecule has 0 aromatic carbocycles. The van der Waals surface area contributed by atoms with E-state index in [1.165, 1.54) is 0 Å². The fourth-order valence-corrected chi connectivity index (χ4v) is 9.10. The number of aliphatic hydroxyl groups excluding tert-OH is 4. The molecule has 3 aliphatic rings. The lowest BCUT2D eigenvalue weighted by atomic mass is 9.58. The average Bonchev–Trinajstić information content (AvgIpc) is 2.91. The van der Waals surface area contributed by atoms with Gasteiger partial charge in [-0.2, -0.15) is 0 Å². The van der Waals surface area contributed by atoms with Gasteiger partial charge >= 0.3 is 0 Å². The molecule has 12 atom stereocenters. The van der Waals surface area contributed by atoms with Gasteiger partial charge in [-0.1, -0.05) is 53.9 Å². The maximum atomic E-state index is 11.2. The van der Waals surface area contributed by atoms with E-state index in [0.717, 1.165) is 57.8 Å². The van der Waals surface area contributed by atoms with Crippen LogP contribution in [-0.4, -0.2) is 80.5 Å². The van der Waals surface area contributed by atoms with Crippen LogP contribution in [0.2, 0.25) is 0 Å². The Morgan fingerprint density at radius 3 is 1.33 bits per heavy atom. The summed E-state index contributed by atoms with van der Waals surface area (Å²) < 4.78 is 14.2. The molecule has 0 aromatic heterocycles. The lowest BCUT2D eigenvalue weighted by Gasteiger charge is -2.57. The third-order valence-electron chi connectivity index (χ3n) is 13.2. The first-order valence-electron chi connectivity index (χ1n) is 17.4. The summed E-state index contributed by atoms with van der Waals surface area (Å²) in [5.41, 5.74) is -4.00. The van der Waals surface area contributed by atoms with Crippen LogP contribution < -0.4 is 0 Å². The highest BCUT2D eigenvalue weighted by molar-refractivity contribution is 5.05. The van der Waals surface area contributed by atoms with Crippen molar-refractivity contribution in [3.8, 4) is 0 Å². The van der Waals surface area contributed by atoms with Gasteiger partial charge in [0.15, 0.2) is 0 Å². The quantitative estimate of drug-likeness (QED) is 0.191. The maximum Gasteiger partial charge on any atom is 0.0902 e. The Labute approximate surface area is 263 Å². The van der Waals surface area contributed by atoms with Gasteiger partial charge in [0.05, 0.1) is 54.9 Å². The van der Waals surface area contributed by atoms with E-state index in [0.29, 0.717) is 17.8 Å². The topological polar surface area (TPSA) is 120 Å². The molecule has 0 bridgehead atoms. The summed E-state index contributed by atoms with van der Waals surface area (Å²) in [6.45, 7) is 20.4. The van der Waals surface area contributed by atoms with Gasteiger partial charge in [0, 0.05) is 16.7 Å². The molecule has 5 N–H and O–H groups in total. The molecule has 0 aromatic rings. The first-order chi connectivity index (χ1) is 19.8. The Morgan fingerprint density at radius 2 is 0.907 bits per heavy atom. The second-order valence-corrected chi connectivity index (χ2v) is 17.1. The zero-order chi connectivity index (χ0) is 32.6. The van der Waals surface area contributed by atoms with Crippen molar-refractivity contribution in [1.29, 1.82) is 0 Å². The maximum absolute atomic E-state index is 11.2. The molecule has 0 spiro atoms. The van der Waals surface area contributed by atoms with Crippen LogP contribution in [-0.2, 0) is 9.47 Å². The van der Waals surface area contributed by atoms with E-state index in [1.807, 2.05) is 0 Å². The van der Waals surface area contributed by atoms with Crippen molar-refractivity contribution in [3.63, 3.8) is 0 Å². The van der Waals surface area contributed by atoms with E-state index in [4.69, 9.17) is 9.47 Å². The monoisotopic (exact) mass is 612 g/mol. The Bertz CT molecular complexity index is 889. The van der Waals surface area contributed by atoms with Crippen LogP contribution in [0.15, 0.2) is 0 Å². The summed E-state index contributed by atoms with van der Waals surface area (Å²) in [5.74, 6) is 1.14. The molecule has 0 amide bonds. The second kappa shape index (κ2) is 13.8. The Morgan fingerprint density at radius 1 is 0.535 bits per heavy atom. The molecular formula is C36H68O7. The highest BCUT2D eigenvalue weighted by Crippen LogP contribution is 2.54. The zero-order valence-corrected chi connectivity index (χ0v) is 29.2. The van der Waals surface area contributed by atoms with Crippen molar-refractivity contribution in [2.24, 2.45) is 46.3 Å². The molecule has 43 heavy (non-hydrogen) atoms. The minimum absolute atomic E-state index is 0.0000328. The normalized spacial score (nSPS) is 39.0. The van der Waals surface area contributed by atoms with E-state index in [9.17, 15) is 25.5 Å². The van der Waals surface area contributed by atoms with Gasteiger partial charge in [0.25, 0.3) is 0 Å². The van der Waals surface area contributed by atoms with Crippen LogP contribution in [0, 0.1) is 46.3 Å². The molecule has 3 rings (SSSR count). The molecule has 0 heterocycles. The summed E-state index contributed by atoms with van der Waals surface area (Å²) in [6, 6.07) is 0. The third-order valence-corrected chi connectivity index (χ3v) is 13.2. The molecule has 7 heteroatoms. The van der Waals surface area contributed by atoms with Crippen LogP contribution >= 0.6 is 0 Å². The molecule has 3 saturated carbocycles. The van der Waals surface area contributed by atoms with Gasteiger partial charge in [-0.15, -0.1) is 0 Å². The van der Waals surface area contributed by atoms with Gasteiger partial charge in [0.2, 0.25) is 0 Å². The standard InChI is InChI=1S/C36H68O7/c1-23-11-14-26(29(40)17-23)34(8,20-37)32(4,5)42-30-18-24(2)12-15-27(30)35(9,21-38)33(6,7)43-31-19-25(3)13-16-28(31)36(10,41)22-39/h23-31,37-41H,11-22H2,1-10H3. The molecular weight excluding hydrogens is 544 g/mol. The smallest absolute Gasteiger partial charge is 0.0902 e. The molecule has 0 radical (unpaired) electrons. The lowest BCUT2D eigenvalue weighted by molar-refractivity contribution is -0.256. The number of hydrogen-bond acceptors (Lipinski definition) is 7. The average molecular weight is 613 g/mol. The third kappa shape index (κ3) is 7.49. The summed E-state index contributed by atoms with van der Waals surface area (Å²) in [4.78, 5) is 0. The van der Waals surface area contributed by atoms with Gasteiger partial charge in [-0.05, 0) is 103 Å². The highest BCUT2D eigenvalue weighted by Gasteiger charge is 2.57. The first-order valence-corrected chi connectivity index (χ1v) is 17.4. The van der Waals surface area contributed by atoms with Gasteiger partial charge in [0.1, 0.15) is 0 Å². The predicted octanol–water partition coefficient (Wildman–Crippen LogP) is 5.72. The summed E-state index contributed by atoms with van der Waals surface area (Å²) in [7, 11) is 0. The van der Waals surface area contributed by atoms with E-state index >= 15 is 0 Å². The highest BCUT2D eigenvalue weighted by atomic mass is 16.5. The molecule has 7 nitrogen and oxygen atoms in total.